The van der Waals surface area contributed by atoms with E-state index in [1.165, 1.54) is 12.1 Å². The quantitative estimate of drug-likeness (QED) is 0.757. The molecule has 0 aliphatic carbocycles. The number of hydrogen-bond donors (Lipinski definition) is 0. The van der Waals surface area contributed by atoms with Gasteiger partial charge in [-0.15, -0.1) is 0 Å². The van der Waals surface area contributed by atoms with Crippen LogP contribution in [0.1, 0.15) is 19.7 Å². The van der Waals surface area contributed by atoms with Gasteiger partial charge in [0.2, 0.25) is 0 Å². The molecule has 4 nitrogen and oxygen atoms in total. The molecule has 2 aromatic rings. The highest BCUT2D eigenvalue weighted by atomic mass is 35.5. The Bertz CT molecular complexity index is 609. The lowest BCUT2D eigenvalue weighted by molar-refractivity contribution is 0.128. The van der Waals surface area contributed by atoms with Crippen molar-refractivity contribution in [2.24, 2.45) is 0 Å². The van der Waals surface area contributed by atoms with Crippen LogP contribution in [0.5, 0.6) is 0 Å². The topological polar surface area (TPSA) is 38.2 Å². The van der Waals surface area contributed by atoms with E-state index in [1.54, 1.807) is 12.1 Å². The number of halogens is 2. The lowest BCUT2D eigenvalue weighted by Crippen LogP contribution is -2.18. The Morgan fingerprint density at radius 3 is 2.71 bits per heavy atom. The molecule has 0 spiro atoms. The molecule has 0 atom stereocenters. The number of rotatable bonds is 6. The van der Waals surface area contributed by atoms with E-state index in [2.05, 4.69) is 9.97 Å². The van der Waals surface area contributed by atoms with Crippen LogP contribution in [0, 0.1) is 5.82 Å². The molecular formula is C15H17ClFN3O. The molecule has 112 valence electrons. The van der Waals surface area contributed by atoms with Gasteiger partial charge >= 0.3 is 0 Å². The summed E-state index contributed by atoms with van der Waals surface area (Å²) >= 11 is 6.04. The van der Waals surface area contributed by atoms with E-state index in [0.29, 0.717) is 36.6 Å². The van der Waals surface area contributed by atoms with E-state index >= 15 is 0 Å². The summed E-state index contributed by atoms with van der Waals surface area (Å²) in [6.45, 7) is 5.36. The zero-order chi connectivity index (χ0) is 15.2. The molecule has 0 bridgehead atoms. The molecule has 0 saturated heterocycles. The van der Waals surface area contributed by atoms with Gasteiger partial charge in [-0.1, -0.05) is 17.7 Å². The fourth-order valence-electron chi connectivity index (χ4n) is 1.97. The predicted octanol–water partition coefficient (Wildman–Crippen LogP) is 3.96. The zero-order valence-electron chi connectivity index (χ0n) is 12.0. The zero-order valence-corrected chi connectivity index (χ0v) is 12.8. The molecule has 1 aromatic heterocycles. The maximum absolute atomic E-state index is 13.4. The van der Waals surface area contributed by atoms with Crippen molar-refractivity contribution in [1.29, 1.82) is 0 Å². The highest BCUT2D eigenvalue weighted by molar-refractivity contribution is 6.29. The Balaban J connectivity index is 2.35. The minimum absolute atomic E-state index is 0.291. The molecule has 21 heavy (non-hydrogen) atoms. The van der Waals surface area contributed by atoms with Gasteiger partial charge in [0.25, 0.3) is 0 Å². The summed E-state index contributed by atoms with van der Waals surface area (Å²) in [4.78, 5) is 10.4. The van der Waals surface area contributed by atoms with Crippen LogP contribution in [0.2, 0.25) is 5.15 Å². The molecule has 6 heteroatoms. The van der Waals surface area contributed by atoms with Crippen molar-refractivity contribution in [3.63, 3.8) is 0 Å². The van der Waals surface area contributed by atoms with E-state index in [-0.39, 0.29) is 5.82 Å². The average molecular weight is 310 g/mol. The summed E-state index contributed by atoms with van der Waals surface area (Å²) in [5.74, 6) is 0.840. The van der Waals surface area contributed by atoms with E-state index in [1.807, 2.05) is 24.8 Å². The molecule has 0 N–H and O–H groups in total. The van der Waals surface area contributed by atoms with Crippen molar-refractivity contribution in [1.82, 2.24) is 9.97 Å². The Morgan fingerprint density at radius 2 is 2.05 bits per heavy atom. The van der Waals surface area contributed by atoms with Crippen LogP contribution in [0.3, 0.4) is 0 Å². The number of anilines is 2. The van der Waals surface area contributed by atoms with Crippen molar-refractivity contribution in [3.8, 4) is 0 Å². The van der Waals surface area contributed by atoms with Crippen molar-refractivity contribution < 1.29 is 9.13 Å². The summed E-state index contributed by atoms with van der Waals surface area (Å²) in [5.41, 5.74) is 0.717. The van der Waals surface area contributed by atoms with Crippen LogP contribution >= 0.6 is 11.6 Å². The fourth-order valence-corrected chi connectivity index (χ4v) is 2.16. The average Bonchev–Trinajstić information content (AvgIpc) is 2.45. The Hall–Kier alpha value is -1.72. The van der Waals surface area contributed by atoms with E-state index in [9.17, 15) is 4.39 Å². The normalized spacial score (nSPS) is 10.7. The van der Waals surface area contributed by atoms with Crippen molar-refractivity contribution in [2.45, 2.75) is 20.5 Å². The maximum atomic E-state index is 13.4. The second kappa shape index (κ2) is 7.33. The van der Waals surface area contributed by atoms with E-state index < -0.39 is 0 Å². The van der Waals surface area contributed by atoms with Gasteiger partial charge in [-0.2, -0.15) is 0 Å². The van der Waals surface area contributed by atoms with Crippen LogP contribution in [-0.2, 0) is 11.3 Å². The Morgan fingerprint density at radius 1 is 1.24 bits per heavy atom. The number of ether oxygens (including phenoxy) is 1. The van der Waals surface area contributed by atoms with Gasteiger partial charge in [-0.05, 0) is 32.0 Å². The minimum atomic E-state index is -0.291. The largest absolute Gasteiger partial charge is 0.374 e. The molecule has 0 fully saturated rings. The molecule has 0 amide bonds. The van der Waals surface area contributed by atoms with Crippen LogP contribution in [0.25, 0.3) is 0 Å². The van der Waals surface area contributed by atoms with Gasteiger partial charge in [0.05, 0.1) is 0 Å². The van der Waals surface area contributed by atoms with Gasteiger partial charge in [0.1, 0.15) is 23.4 Å². The molecule has 0 saturated carbocycles. The summed E-state index contributed by atoms with van der Waals surface area (Å²) < 4.78 is 18.7. The summed E-state index contributed by atoms with van der Waals surface area (Å²) in [5, 5.41) is 0.338. The first-order valence-electron chi connectivity index (χ1n) is 6.78. The predicted molar refractivity (Wildman–Crippen MR) is 81.5 cm³/mol. The molecule has 0 aliphatic heterocycles. The Labute approximate surface area is 128 Å². The highest BCUT2D eigenvalue weighted by Gasteiger charge is 2.12. The smallest absolute Gasteiger partial charge is 0.158 e. The van der Waals surface area contributed by atoms with Crippen LogP contribution in [-0.4, -0.2) is 23.1 Å². The van der Waals surface area contributed by atoms with Crippen LogP contribution < -0.4 is 4.90 Å². The third-order valence-electron chi connectivity index (χ3n) is 2.88. The van der Waals surface area contributed by atoms with E-state index in [0.717, 1.165) is 5.69 Å². The molecule has 0 aliphatic rings. The number of benzene rings is 1. The van der Waals surface area contributed by atoms with Gasteiger partial charge < -0.3 is 9.64 Å². The molecular weight excluding hydrogens is 293 g/mol. The highest BCUT2D eigenvalue weighted by Crippen LogP contribution is 2.25. The van der Waals surface area contributed by atoms with Crippen LogP contribution in [0.4, 0.5) is 15.9 Å². The van der Waals surface area contributed by atoms with Gasteiger partial charge in [0, 0.05) is 24.9 Å². The molecule has 1 heterocycles. The third-order valence-corrected chi connectivity index (χ3v) is 3.07. The lowest BCUT2D eigenvalue weighted by Gasteiger charge is -2.22. The number of nitrogens with zero attached hydrogens (tertiary/aromatic N) is 3. The second-order valence-corrected chi connectivity index (χ2v) is 4.71. The lowest BCUT2D eigenvalue weighted by atomic mass is 10.2. The molecule has 0 radical (unpaired) electrons. The second-order valence-electron chi connectivity index (χ2n) is 4.33. The first kappa shape index (κ1) is 15.7. The maximum Gasteiger partial charge on any atom is 0.158 e. The SMILES string of the molecule is CCOCc1nc(Cl)cc(N(CC)c2cccc(F)c2)n1. The summed E-state index contributed by atoms with van der Waals surface area (Å²) in [6.07, 6.45) is 0. The first-order valence-corrected chi connectivity index (χ1v) is 7.16. The van der Waals surface area contributed by atoms with Crippen molar-refractivity contribution >= 4 is 23.1 Å². The standard InChI is InChI=1S/C15H17ClFN3O/c1-3-20(12-7-5-6-11(17)8-12)15-9-13(16)18-14(19-15)10-21-4-2/h5-9H,3-4,10H2,1-2H3. The summed E-state index contributed by atoms with van der Waals surface area (Å²) in [6, 6.07) is 8.01. The minimum Gasteiger partial charge on any atom is -0.374 e. The van der Waals surface area contributed by atoms with Gasteiger partial charge in [-0.25, -0.2) is 14.4 Å². The number of hydrogen-bond acceptors (Lipinski definition) is 4. The summed E-state index contributed by atoms with van der Waals surface area (Å²) in [7, 11) is 0. The molecule has 2 rings (SSSR count). The van der Waals surface area contributed by atoms with Crippen molar-refractivity contribution in [3.05, 3.63) is 47.1 Å². The monoisotopic (exact) mass is 309 g/mol. The molecule has 0 unspecified atom stereocenters. The van der Waals surface area contributed by atoms with Gasteiger partial charge in [0.15, 0.2) is 5.82 Å². The Kier molecular flexibility index (Phi) is 5.47. The van der Waals surface area contributed by atoms with Crippen LogP contribution in [0.15, 0.2) is 30.3 Å². The number of aromatic nitrogens is 2. The fraction of sp³-hybridized carbons (Fsp3) is 0.333. The van der Waals surface area contributed by atoms with Gasteiger partial charge in [-0.3, -0.25) is 0 Å². The van der Waals surface area contributed by atoms with E-state index in [4.69, 9.17) is 16.3 Å². The third kappa shape index (κ3) is 4.12. The first-order chi connectivity index (χ1) is 10.1. The van der Waals surface area contributed by atoms with Crippen molar-refractivity contribution in [2.75, 3.05) is 18.1 Å². The molecule has 1 aromatic carbocycles.